The van der Waals surface area contributed by atoms with Crippen molar-refractivity contribution in [1.82, 2.24) is 10.2 Å². The van der Waals surface area contributed by atoms with Crippen molar-refractivity contribution in [2.75, 3.05) is 36.1 Å². The number of thioether (sulfide) groups is 1. The minimum absolute atomic E-state index is 0.141. The van der Waals surface area contributed by atoms with Crippen LogP contribution < -0.4 is 20.1 Å². The van der Waals surface area contributed by atoms with Gasteiger partial charge in [0, 0.05) is 23.2 Å². The molecule has 10 heteroatoms. The molecule has 1 aromatic heterocycles. The molecule has 2 heterocycles. The molecule has 0 bridgehead atoms. The van der Waals surface area contributed by atoms with E-state index in [0.717, 1.165) is 8.81 Å². The van der Waals surface area contributed by atoms with Crippen LogP contribution in [-0.4, -0.2) is 41.6 Å². The van der Waals surface area contributed by atoms with Crippen molar-refractivity contribution in [1.29, 1.82) is 0 Å². The minimum atomic E-state index is -0.141. The van der Waals surface area contributed by atoms with Crippen molar-refractivity contribution >= 4 is 55.8 Å². The van der Waals surface area contributed by atoms with Gasteiger partial charge in [-0.05, 0) is 15.9 Å². The SMILES string of the molecule is C=CCNc1nnc(SCC(=O)Nc2cc3c(cc2Br)OCCO3)s1. The van der Waals surface area contributed by atoms with Gasteiger partial charge in [-0.15, -0.1) is 16.8 Å². The second kappa shape index (κ2) is 8.54. The molecule has 0 atom stereocenters. The molecule has 132 valence electrons. The average molecular weight is 443 g/mol. The van der Waals surface area contributed by atoms with Crippen molar-refractivity contribution in [2.45, 2.75) is 4.34 Å². The molecule has 7 nitrogen and oxygen atoms in total. The summed E-state index contributed by atoms with van der Waals surface area (Å²) in [6.45, 7) is 5.27. The van der Waals surface area contributed by atoms with E-state index in [1.807, 2.05) is 0 Å². The number of nitrogens with zero attached hydrogens (tertiary/aromatic N) is 2. The maximum absolute atomic E-state index is 12.2. The summed E-state index contributed by atoms with van der Waals surface area (Å²) in [5, 5.41) is 14.7. The molecular weight excluding hydrogens is 428 g/mol. The first-order valence-corrected chi connectivity index (χ1v) is 9.95. The lowest BCUT2D eigenvalue weighted by molar-refractivity contribution is -0.113. The molecule has 2 aromatic rings. The van der Waals surface area contributed by atoms with Crippen molar-refractivity contribution in [3.05, 3.63) is 29.3 Å². The maximum atomic E-state index is 12.2. The van der Waals surface area contributed by atoms with E-state index in [9.17, 15) is 4.79 Å². The second-order valence-corrected chi connectivity index (χ2v) is 7.91. The third kappa shape index (κ3) is 4.86. The Morgan fingerprint density at radius 3 is 2.88 bits per heavy atom. The van der Waals surface area contributed by atoms with Crippen LogP contribution in [0.2, 0.25) is 0 Å². The number of halogens is 1. The van der Waals surface area contributed by atoms with Gasteiger partial charge in [0.25, 0.3) is 0 Å². The molecule has 25 heavy (non-hydrogen) atoms. The number of aromatic nitrogens is 2. The molecular formula is C15H15BrN4O3S2. The molecule has 0 radical (unpaired) electrons. The third-order valence-corrected chi connectivity index (χ3v) is 5.71. The highest BCUT2D eigenvalue weighted by Gasteiger charge is 2.16. The molecule has 0 unspecified atom stereocenters. The van der Waals surface area contributed by atoms with Gasteiger partial charge in [-0.2, -0.15) is 0 Å². The van der Waals surface area contributed by atoms with E-state index in [1.54, 1.807) is 18.2 Å². The highest BCUT2D eigenvalue weighted by Crippen LogP contribution is 2.38. The van der Waals surface area contributed by atoms with Crippen molar-refractivity contribution in [3.8, 4) is 11.5 Å². The normalized spacial score (nSPS) is 12.5. The van der Waals surface area contributed by atoms with Crippen molar-refractivity contribution in [2.24, 2.45) is 0 Å². The van der Waals surface area contributed by atoms with Gasteiger partial charge in [-0.3, -0.25) is 4.79 Å². The van der Waals surface area contributed by atoms with Gasteiger partial charge in [0.1, 0.15) is 13.2 Å². The second-order valence-electron chi connectivity index (χ2n) is 4.86. The Morgan fingerprint density at radius 2 is 2.12 bits per heavy atom. The summed E-state index contributed by atoms with van der Waals surface area (Å²) in [6.07, 6.45) is 1.74. The molecule has 2 N–H and O–H groups in total. The predicted octanol–water partition coefficient (Wildman–Crippen LogP) is 3.40. The van der Waals surface area contributed by atoms with Crippen LogP contribution in [0, 0.1) is 0 Å². The van der Waals surface area contributed by atoms with Crippen LogP contribution in [0.5, 0.6) is 11.5 Å². The average Bonchev–Trinajstić information content (AvgIpc) is 3.07. The fourth-order valence-corrected chi connectivity index (χ4v) is 3.95. The minimum Gasteiger partial charge on any atom is -0.486 e. The van der Waals surface area contributed by atoms with Crippen LogP contribution in [0.1, 0.15) is 0 Å². The molecule has 0 aliphatic carbocycles. The number of carbonyl (C=O) groups is 1. The lowest BCUT2D eigenvalue weighted by Crippen LogP contribution is -2.17. The lowest BCUT2D eigenvalue weighted by atomic mass is 10.2. The highest BCUT2D eigenvalue weighted by molar-refractivity contribution is 9.10. The van der Waals surface area contributed by atoms with Gasteiger partial charge in [-0.25, -0.2) is 0 Å². The van der Waals surface area contributed by atoms with E-state index in [1.165, 1.54) is 23.1 Å². The Morgan fingerprint density at radius 1 is 1.36 bits per heavy atom. The number of ether oxygens (including phenoxy) is 2. The van der Waals surface area contributed by atoms with Gasteiger partial charge in [0.15, 0.2) is 15.8 Å². The summed E-state index contributed by atoms with van der Waals surface area (Å²) in [6, 6.07) is 3.54. The monoisotopic (exact) mass is 442 g/mol. The molecule has 1 aliphatic rings. The standard InChI is InChI=1S/C15H15BrN4O3S2/c1-2-3-17-14-19-20-15(25-14)24-8-13(21)18-10-7-12-11(6-9(10)16)22-4-5-23-12/h2,6-7H,1,3-5,8H2,(H,17,19)(H,18,21). The molecule has 1 aliphatic heterocycles. The van der Waals surface area contributed by atoms with E-state index in [-0.39, 0.29) is 11.7 Å². The Bertz CT molecular complexity index is 784. The zero-order chi connectivity index (χ0) is 17.6. The van der Waals surface area contributed by atoms with Gasteiger partial charge in [0.2, 0.25) is 11.0 Å². The zero-order valence-electron chi connectivity index (χ0n) is 13.1. The number of benzene rings is 1. The summed E-state index contributed by atoms with van der Waals surface area (Å²) in [4.78, 5) is 12.2. The van der Waals surface area contributed by atoms with Crippen LogP contribution in [0.15, 0.2) is 33.6 Å². The number of amides is 1. The Hall–Kier alpha value is -1.78. The zero-order valence-corrected chi connectivity index (χ0v) is 16.3. The lowest BCUT2D eigenvalue weighted by Gasteiger charge is -2.20. The maximum Gasteiger partial charge on any atom is 0.234 e. The van der Waals surface area contributed by atoms with Crippen molar-refractivity contribution in [3.63, 3.8) is 0 Å². The fourth-order valence-electron chi connectivity index (χ4n) is 1.97. The van der Waals surface area contributed by atoms with Crippen LogP contribution in [0.4, 0.5) is 10.8 Å². The Balaban J connectivity index is 1.55. The summed E-state index contributed by atoms with van der Waals surface area (Å²) < 4.78 is 12.5. The number of rotatable bonds is 7. The molecule has 0 spiro atoms. The van der Waals surface area contributed by atoms with Crippen LogP contribution in [-0.2, 0) is 4.79 Å². The smallest absolute Gasteiger partial charge is 0.234 e. The highest BCUT2D eigenvalue weighted by atomic mass is 79.9. The first-order chi connectivity index (χ1) is 12.2. The molecule has 1 aromatic carbocycles. The number of anilines is 2. The van der Waals surface area contributed by atoms with Crippen LogP contribution >= 0.6 is 39.0 Å². The van der Waals surface area contributed by atoms with Gasteiger partial charge in [-0.1, -0.05) is 29.2 Å². The molecule has 3 rings (SSSR count). The quantitative estimate of drug-likeness (QED) is 0.501. The molecule has 0 saturated heterocycles. The molecule has 1 amide bonds. The topological polar surface area (TPSA) is 85.4 Å². The summed E-state index contributed by atoms with van der Waals surface area (Å²) in [5.74, 6) is 1.38. The van der Waals surface area contributed by atoms with E-state index < -0.39 is 0 Å². The first kappa shape index (κ1) is 18.0. The summed E-state index contributed by atoms with van der Waals surface area (Å²) >= 11 is 6.17. The Kier molecular flexibility index (Phi) is 6.16. The van der Waals surface area contributed by atoms with Crippen LogP contribution in [0.25, 0.3) is 0 Å². The summed E-state index contributed by atoms with van der Waals surface area (Å²) in [7, 11) is 0. The fraction of sp³-hybridized carbons (Fsp3) is 0.267. The van der Waals surface area contributed by atoms with Gasteiger partial charge >= 0.3 is 0 Å². The third-order valence-electron chi connectivity index (χ3n) is 3.04. The van der Waals surface area contributed by atoms with E-state index in [4.69, 9.17) is 9.47 Å². The largest absolute Gasteiger partial charge is 0.486 e. The first-order valence-electron chi connectivity index (χ1n) is 7.36. The number of fused-ring (bicyclic) bond motifs is 1. The molecule has 0 saturated carbocycles. The van der Waals surface area contributed by atoms with Gasteiger partial charge < -0.3 is 20.1 Å². The Labute approximate surface area is 161 Å². The number of carbonyl (C=O) groups excluding carboxylic acids is 1. The number of hydrogen-bond donors (Lipinski definition) is 2. The van der Waals surface area contributed by atoms with Crippen LogP contribution in [0.3, 0.4) is 0 Å². The van der Waals surface area contributed by atoms with E-state index >= 15 is 0 Å². The van der Waals surface area contributed by atoms with E-state index in [2.05, 4.69) is 43.3 Å². The number of hydrogen-bond acceptors (Lipinski definition) is 8. The number of nitrogens with one attached hydrogen (secondary N) is 2. The van der Waals surface area contributed by atoms with Gasteiger partial charge in [0.05, 0.1) is 11.4 Å². The molecule has 0 fully saturated rings. The van der Waals surface area contributed by atoms with E-state index in [0.29, 0.717) is 42.1 Å². The predicted molar refractivity (Wildman–Crippen MR) is 103 cm³/mol. The summed E-state index contributed by atoms with van der Waals surface area (Å²) in [5.41, 5.74) is 0.639. The van der Waals surface area contributed by atoms with Crippen molar-refractivity contribution < 1.29 is 14.3 Å².